The molecule has 0 atom stereocenters. The number of nitrogens with zero attached hydrogens (tertiary/aromatic N) is 3. The first-order chi connectivity index (χ1) is 19.9. The van der Waals surface area contributed by atoms with Crippen molar-refractivity contribution in [2.75, 3.05) is 9.80 Å². The highest BCUT2D eigenvalue weighted by molar-refractivity contribution is 9.10. The Kier molecular flexibility index (Phi) is 8.50. The van der Waals surface area contributed by atoms with E-state index >= 15 is 0 Å². The smallest absolute Gasteiger partial charge is 0.140 e. The molecule has 0 saturated heterocycles. The van der Waals surface area contributed by atoms with Gasteiger partial charge < -0.3 is 0 Å². The Morgan fingerprint density at radius 2 is 0.976 bits per heavy atom. The molecule has 5 heteroatoms. The third kappa shape index (κ3) is 6.40. The second kappa shape index (κ2) is 11.9. The van der Waals surface area contributed by atoms with E-state index in [1.165, 1.54) is 11.1 Å². The van der Waals surface area contributed by atoms with Crippen molar-refractivity contribution in [3.63, 3.8) is 0 Å². The van der Waals surface area contributed by atoms with Gasteiger partial charge in [0.25, 0.3) is 0 Å². The maximum atomic E-state index is 6.86. The number of para-hydroxylation sites is 1. The van der Waals surface area contributed by atoms with E-state index in [9.17, 15) is 0 Å². The highest BCUT2D eigenvalue weighted by Crippen LogP contribution is 2.42. The van der Waals surface area contributed by atoms with Crippen LogP contribution in [0.1, 0.15) is 52.7 Å². The minimum atomic E-state index is 0.0648. The van der Waals surface area contributed by atoms with Crippen LogP contribution in [0, 0.1) is 0 Å². The quantitative estimate of drug-likeness (QED) is 0.184. The van der Waals surface area contributed by atoms with E-state index in [0.29, 0.717) is 5.02 Å². The standard InChI is InChI=1S/C37H37BrClN3/c1-36(2,3)26-18-22-29(23-19-26)41(30-24-20-27(21-25-30)37(4,5)6)33-16-11-17-34(40-33)42(28-12-8-7-9-13-28)32-15-10-14-31(38)35(32)39/h7-25H,1-6H3. The maximum absolute atomic E-state index is 6.86. The monoisotopic (exact) mass is 637 g/mol. The Morgan fingerprint density at radius 3 is 1.48 bits per heavy atom. The summed E-state index contributed by atoms with van der Waals surface area (Å²) in [7, 11) is 0. The summed E-state index contributed by atoms with van der Waals surface area (Å²) in [6.07, 6.45) is 0. The fourth-order valence-corrected chi connectivity index (χ4v) is 5.50. The van der Waals surface area contributed by atoms with Gasteiger partial charge in [0.2, 0.25) is 0 Å². The van der Waals surface area contributed by atoms with E-state index in [0.717, 1.165) is 38.9 Å². The van der Waals surface area contributed by atoms with Gasteiger partial charge in [-0.3, -0.25) is 9.80 Å². The lowest BCUT2D eigenvalue weighted by Crippen LogP contribution is -2.17. The van der Waals surface area contributed by atoms with E-state index in [-0.39, 0.29) is 10.8 Å². The van der Waals surface area contributed by atoms with Crippen LogP contribution in [-0.2, 0) is 10.8 Å². The van der Waals surface area contributed by atoms with Gasteiger partial charge in [0.1, 0.15) is 11.6 Å². The summed E-state index contributed by atoms with van der Waals surface area (Å²) in [5.74, 6) is 1.58. The van der Waals surface area contributed by atoms with Crippen LogP contribution in [-0.4, -0.2) is 4.98 Å². The molecule has 0 bridgehead atoms. The topological polar surface area (TPSA) is 19.4 Å². The molecule has 5 aromatic rings. The molecule has 0 amide bonds. The molecule has 0 saturated carbocycles. The van der Waals surface area contributed by atoms with Gasteiger partial charge in [0.15, 0.2) is 0 Å². The molecule has 0 aliphatic rings. The Labute approximate surface area is 263 Å². The molecular formula is C37H37BrClN3. The van der Waals surface area contributed by atoms with Crippen molar-refractivity contribution >= 4 is 61.9 Å². The molecule has 5 rings (SSSR count). The Balaban J connectivity index is 1.67. The van der Waals surface area contributed by atoms with Crippen molar-refractivity contribution in [2.24, 2.45) is 0 Å². The van der Waals surface area contributed by atoms with E-state index in [1.54, 1.807) is 0 Å². The molecular weight excluding hydrogens is 602 g/mol. The van der Waals surface area contributed by atoms with Gasteiger partial charge in [0.05, 0.1) is 10.7 Å². The molecule has 0 unspecified atom stereocenters. The number of halogens is 2. The molecule has 4 aromatic carbocycles. The Bertz CT molecular complexity index is 1590. The molecule has 0 radical (unpaired) electrons. The van der Waals surface area contributed by atoms with Crippen LogP contribution < -0.4 is 9.80 Å². The Hall–Kier alpha value is -3.60. The van der Waals surface area contributed by atoms with Crippen LogP contribution in [0.25, 0.3) is 0 Å². The van der Waals surface area contributed by atoms with Crippen molar-refractivity contribution in [3.8, 4) is 0 Å². The third-order valence-electron chi connectivity index (χ3n) is 7.35. The number of hydrogen-bond acceptors (Lipinski definition) is 3. The SMILES string of the molecule is CC(C)(C)c1ccc(N(c2ccc(C(C)(C)C)cc2)c2cccc(N(c3ccccc3)c3cccc(Br)c3Cl)n2)cc1. The van der Waals surface area contributed by atoms with Crippen molar-refractivity contribution in [3.05, 3.63) is 136 Å². The average Bonchev–Trinajstić information content (AvgIpc) is 2.96. The lowest BCUT2D eigenvalue weighted by atomic mass is 9.87. The predicted molar refractivity (Wildman–Crippen MR) is 184 cm³/mol. The first-order valence-electron chi connectivity index (χ1n) is 14.2. The summed E-state index contributed by atoms with van der Waals surface area (Å²) in [5, 5.41) is 0.626. The van der Waals surface area contributed by atoms with Gasteiger partial charge in [0, 0.05) is 21.5 Å². The van der Waals surface area contributed by atoms with E-state index in [2.05, 4.69) is 140 Å². The zero-order valence-electron chi connectivity index (χ0n) is 25.1. The van der Waals surface area contributed by atoms with Crippen LogP contribution >= 0.6 is 27.5 Å². The number of aromatic nitrogens is 1. The minimum Gasteiger partial charge on any atom is -0.295 e. The average molecular weight is 639 g/mol. The summed E-state index contributed by atoms with van der Waals surface area (Å²) < 4.78 is 0.832. The lowest BCUT2D eigenvalue weighted by molar-refractivity contribution is 0.590. The van der Waals surface area contributed by atoms with Gasteiger partial charge in [-0.1, -0.05) is 108 Å². The molecule has 214 valence electrons. The van der Waals surface area contributed by atoms with Gasteiger partial charge in [-0.15, -0.1) is 0 Å². The van der Waals surface area contributed by atoms with Crippen molar-refractivity contribution in [1.29, 1.82) is 0 Å². The van der Waals surface area contributed by atoms with Gasteiger partial charge >= 0.3 is 0 Å². The molecule has 42 heavy (non-hydrogen) atoms. The maximum Gasteiger partial charge on any atom is 0.140 e. The molecule has 0 aliphatic carbocycles. The first kappa shape index (κ1) is 29.9. The summed E-state index contributed by atoms with van der Waals surface area (Å²) in [5.41, 5.74) is 6.61. The normalized spacial score (nSPS) is 11.8. The molecule has 0 spiro atoms. The fourth-order valence-electron chi connectivity index (χ4n) is 4.93. The van der Waals surface area contributed by atoms with E-state index in [1.807, 2.05) is 42.5 Å². The zero-order valence-corrected chi connectivity index (χ0v) is 27.4. The number of pyridine rings is 1. The van der Waals surface area contributed by atoms with Crippen molar-refractivity contribution in [2.45, 2.75) is 52.4 Å². The van der Waals surface area contributed by atoms with Crippen LogP contribution in [0.4, 0.5) is 34.4 Å². The highest BCUT2D eigenvalue weighted by atomic mass is 79.9. The van der Waals surface area contributed by atoms with E-state index in [4.69, 9.17) is 16.6 Å². The molecule has 1 aromatic heterocycles. The fraction of sp³-hybridized carbons (Fsp3) is 0.216. The number of rotatable bonds is 6. The van der Waals surface area contributed by atoms with Crippen LogP contribution in [0.2, 0.25) is 5.02 Å². The Morgan fingerprint density at radius 1 is 0.524 bits per heavy atom. The van der Waals surface area contributed by atoms with Crippen molar-refractivity contribution in [1.82, 2.24) is 4.98 Å². The summed E-state index contributed by atoms with van der Waals surface area (Å²) in [6, 6.07) is 39.9. The number of hydrogen-bond donors (Lipinski definition) is 0. The third-order valence-corrected chi connectivity index (χ3v) is 8.63. The first-order valence-corrected chi connectivity index (χ1v) is 15.4. The van der Waals surface area contributed by atoms with E-state index < -0.39 is 0 Å². The second-order valence-electron chi connectivity index (χ2n) is 12.5. The largest absolute Gasteiger partial charge is 0.295 e. The predicted octanol–water partition coefficient (Wildman–Crippen LogP) is 12.0. The zero-order chi connectivity index (χ0) is 30.1. The molecule has 1 heterocycles. The molecule has 0 aliphatic heterocycles. The second-order valence-corrected chi connectivity index (χ2v) is 13.8. The summed E-state index contributed by atoms with van der Waals surface area (Å²) in [4.78, 5) is 9.58. The van der Waals surface area contributed by atoms with Gasteiger partial charge in [-0.05, 0) is 98.6 Å². The number of anilines is 6. The highest BCUT2D eigenvalue weighted by Gasteiger charge is 2.22. The summed E-state index contributed by atoms with van der Waals surface area (Å²) in [6.45, 7) is 13.4. The van der Waals surface area contributed by atoms with Gasteiger partial charge in [-0.25, -0.2) is 4.98 Å². The molecule has 3 nitrogen and oxygen atoms in total. The van der Waals surface area contributed by atoms with Crippen LogP contribution in [0.5, 0.6) is 0 Å². The number of benzene rings is 4. The summed E-state index contributed by atoms with van der Waals surface area (Å²) >= 11 is 10.5. The molecule has 0 N–H and O–H groups in total. The van der Waals surface area contributed by atoms with Crippen LogP contribution in [0.15, 0.2) is 120 Å². The molecule has 0 fully saturated rings. The van der Waals surface area contributed by atoms with Gasteiger partial charge in [-0.2, -0.15) is 0 Å². The minimum absolute atomic E-state index is 0.0648. The van der Waals surface area contributed by atoms with Crippen LogP contribution in [0.3, 0.4) is 0 Å². The lowest BCUT2D eigenvalue weighted by Gasteiger charge is -2.29. The van der Waals surface area contributed by atoms with Crippen molar-refractivity contribution < 1.29 is 0 Å².